The largest absolute Gasteiger partial charge is 0.395 e. The van der Waals surface area contributed by atoms with E-state index in [4.69, 9.17) is 5.11 Å². The molecule has 4 heteroatoms. The van der Waals surface area contributed by atoms with E-state index in [-0.39, 0.29) is 12.6 Å². The maximum Gasteiger partial charge on any atom is 0.317 e. The summed E-state index contributed by atoms with van der Waals surface area (Å²) < 4.78 is 0. The van der Waals surface area contributed by atoms with Crippen LogP contribution in [0, 0.1) is 5.92 Å². The monoisotopic (exact) mass is 216 g/mol. The van der Waals surface area contributed by atoms with E-state index in [1.54, 1.807) is 4.90 Å². The van der Waals surface area contributed by atoms with Gasteiger partial charge in [0.25, 0.3) is 0 Å². The average Bonchev–Trinajstić information content (AvgIpc) is 2.16. The number of urea groups is 1. The van der Waals surface area contributed by atoms with Crippen LogP contribution in [-0.4, -0.2) is 42.3 Å². The van der Waals surface area contributed by atoms with E-state index in [1.807, 2.05) is 6.92 Å². The lowest BCUT2D eigenvalue weighted by Gasteiger charge is -2.21. The van der Waals surface area contributed by atoms with Crippen molar-refractivity contribution < 1.29 is 9.90 Å². The first-order valence-electron chi connectivity index (χ1n) is 5.75. The van der Waals surface area contributed by atoms with Gasteiger partial charge in [-0.3, -0.25) is 0 Å². The zero-order valence-electron chi connectivity index (χ0n) is 10.1. The molecule has 0 aromatic rings. The Hall–Kier alpha value is -0.770. The molecule has 0 heterocycles. The predicted octanol–water partition coefficient (Wildman–Crippen LogP) is 1.45. The molecule has 2 amide bonds. The molecule has 90 valence electrons. The Morgan fingerprint density at radius 3 is 2.53 bits per heavy atom. The van der Waals surface area contributed by atoms with E-state index >= 15 is 0 Å². The Balaban J connectivity index is 3.80. The van der Waals surface area contributed by atoms with Gasteiger partial charge in [-0.25, -0.2) is 4.79 Å². The molecule has 0 aliphatic rings. The van der Waals surface area contributed by atoms with Gasteiger partial charge < -0.3 is 15.3 Å². The van der Waals surface area contributed by atoms with Crippen LogP contribution in [0.5, 0.6) is 0 Å². The van der Waals surface area contributed by atoms with E-state index in [2.05, 4.69) is 19.2 Å². The molecule has 4 nitrogen and oxygen atoms in total. The van der Waals surface area contributed by atoms with Crippen molar-refractivity contribution >= 4 is 6.03 Å². The minimum atomic E-state index is -0.0634. The summed E-state index contributed by atoms with van der Waals surface area (Å²) in [6, 6.07) is -0.0634. The molecule has 0 saturated heterocycles. The number of aliphatic hydroxyl groups excluding tert-OH is 1. The van der Waals surface area contributed by atoms with Crippen molar-refractivity contribution in [3.05, 3.63) is 0 Å². The van der Waals surface area contributed by atoms with Gasteiger partial charge in [-0.1, -0.05) is 20.8 Å². The highest BCUT2D eigenvalue weighted by atomic mass is 16.3. The van der Waals surface area contributed by atoms with Crippen LogP contribution in [0.3, 0.4) is 0 Å². The van der Waals surface area contributed by atoms with Crippen molar-refractivity contribution in [3.8, 4) is 0 Å². The molecule has 0 aromatic carbocycles. The Morgan fingerprint density at radius 1 is 1.40 bits per heavy atom. The molecular formula is C11H24N2O2. The van der Waals surface area contributed by atoms with E-state index in [0.717, 1.165) is 12.8 Å². The standard InChI is InChI=1S/C11H24N2O2/c1-4-7-13(8-9-14)11(15)12-6-5-10(2)3/h10,14H,4-9H2,1-3H3,(H,12,15). The third kappa shape index (κ3) is 7.19. The topological polar surface area (TPSA) is 52.6 Å². The van der Waals surface area contributed by atoms with Crippen molar-refractivity contribution in [1.29, 1.82) is 0 Å². The summed E-state index contributed by atoms with van der Waals surface area (Å²) in [4.78, 5) is 13.3. The summed E-state index contributed by atoms with van der Waals surface area (Å²) in [6.45, 7) is 8.13. The van der Waals surface area contributed by atoms with E-state index in [9.17, 15) is 4.79 Å². The van der Waals surface area contributed by atoms with Gasteiger partial charge in [0.15, 0.2) is 0 Å². The SMILES string of the molecule is CCCN(CCO)C(=O)NCCC(C)C. The molecule has 0 fully saturated rings. The van der Waals surface area contributed by atoms with Crippen molar-refractivity contribution in [2.75, 3.05) is 26.2 Å². The van der Waals surface area contributed by atoms with Crippen molar-refractivity contribution in [2.45, 2.75) is 33.6 Å². The second kappa shape index (κ2) is 8.53. The molecule has 0 aliphatic heterocycles. The van der Waals surface area contributed by atoms with Gasteiger partial charge in [-0.05, 0) is 18.8 Å². The second-order valence-electron chi connectivity index (χ2n) is 4.13. The summed E-state index contributed by atoms with van der Waals surface area (Å²) in [5, 5.41) is 11.7. The van der Waals surface area contributed by atoms with Crippen LogP contribution in [0.1, 0.15) is 33.6 Å². The average molecular weight is 216 g/mol. The number of carbonyl (C=O) groups is 1. The Kier molecular flexibility index (Phi) is 8.09. The molecule has 0 spiro atoms. The summed E-state index contributed by atoms with van der Waals surface area (Å²) in [6.07, 6.45) is 1.91. The van der Waals surface area contributed by atoms with Crippen molar-refractivity contribution in [2.24, 2.45) is 5.92 Å². The number of carbonyl (C=O) groups excluding carboxylic acids is 1. The number of rotatable bonds is 7. The first kappa shape index (κ1) is 14.2. The molecule has 0 unspecified atom stereocenters. The van der Waals surface area contributed by atoms with Gasteiger partial charge in [-0.15, -0.1) is 0 Å². The zero-order valence-corrected chi connectivity index (χ0v) is 10.1. The predicted molar refractivity (Wildman–Crippen MR) is 61.8 cm³/mol. The van der Waals surface area contributed by atoms with E-state index < -0.39 is 0 Å². The number of aliphatic hydroxyl groups is 1. The van der Waals surface area contributed by atoms with Gasteiger partial charge in [0, 0.05) is 19.6 Å². The number of hydrogen-bond donors (Lipinski definition) is 2. The van der Waals surface area contributed by atoms with Gasteiger partial charge in [-0.2, -0.15) is 0 Å². The summed E-state index contributed by atoms with van der Waals surface area (Å²) in [5.41, 5.74) is 0. The van der Waals surface area contributed by atoms with Crippen LogP contribution in [0.25, 0.3) is 0 Å². The maximum atomic E-state index is 11.6. The van der Waals surface area contributed by atoms with Crippen LogP contribution in [0.4, 0.5) is 4.79 Å². The first-order valence-corrected chi connectivity index (χ1v) is 5.75. The summed E-state index contributed by atoms with van der Waals surface area (Å²) in [7, 11) is 0. The highest BCUT2D eigenvalue weighted by molar-refractivity contribution is 5.74. The van der Waals surface area contributed by atoms with Crippen LogP contribution in [0.15, 0.2) is 0 Å². The number of nitrogens with zero attached hydrogens (tertiary/aromatic N) is 1. The maximum absolute atomic E-state index is 11.6. The Morgan fingerprint density at radius 2 is 2.07 bits per heavy atom. The second-order valence-corrected chi connectivity index (χ2v) is 4.13. The molecule has 0 aromatic heterocycles. The molecule has 0 rings (SSSR count). The molecule has 0 atom stereocenters. The molecule has 0 aliphatic carbocycles. The highest BCUT2D eigenvalue weighted by Crippen LogP contribution is 1.97. The van der Waals surface area contributed by atoms with Crippen LogP contribution in [-0.2, 0) is 0 Å². The van der Waals surface area contributed by atoms with Crippen LogP contribution < -0.4 is 5.32 Å². The van der Waals surface area contributed by atoms with Gasteiger partial charge in [0.2, 0.25) is 0 Å². The fourth-order valence-corrected chi connectivity index (χ4v) is 1.29. The molecule has 0 bridgehead atoms. The zero-order chi connectivity index (χ0) is 11.7. The van der Waals surface area contributed by atoms with Crippen LogP contribution in [0.2, 0.25) is 0 Å². The molecule has 0 radical (unpaired) electrons. The Bertz CT molecular complexity index is 166. The third-order valence-electron chi connectivity index (χ3n) is 2.15. The molecule has 0 saturated carbocycles. The number of amides is 2. The fraction of sp³-hybridized carbons (Fsp3) is 0.909. The van der Waals surface area contributed by atoms with E-state index in [1.165, 1.54) is 0 Å². The van der Waals surface area contributed by atoms with Crippen LogP contribution >= 0.6 is 0 Å². The lowest BCUT2D eigenvalue weighted by molar-refractivity contribution is 0.177. The smallest absolute Gasteiger partial charge is 0.317 e. The Labute approximate surface area is 92.7 Å². The van der Waals surface area contributed by atoms with Gasteiger partial charge in [0.05, 0.1) is 6.61 Å². The van der Waals surface area contributed by atoms with Gasteiger partial charge >= 0.3 is 6.03 Å². The quantitative estimate of drug-likeness (QED) is 0.676. The third-order valence-corrected chi connectivity index (χ3v) is 2.15. The van der Waals surface area contributed by atoms with Crippen molar-refractivity contribution in [1.82, 2.24) is 10.2 Å². The number of hydrogen-bond acceptors (Lipinski definition) is 2. The fourth-order valence-electron chi connectivity index (χ4n) is 1.29. The summed E-state index contributed by atoms with van der Waals surface area (Å²) >= 11 is 0. The summed E-state index contributed by atoms with van der Waals surface area (Å²) in [5.74, 6) is 0.600. The van der Waals surface area contributed by atoms with E-state index in [0.29, 0.717) is 25.6 Å². The minimum Gasteiger partial charge on any atom is -0.395 e. The number of nitrogens with one attached hydrogen (secondary N) is 1. The minimum absolute atomic E-state index is 0.0254. The van der Waals surface area contributed by atoms with Gasteiger partial charge in [0.1, 0.15) is 0 Å². The lowest BCUT2D eigenvalue weighted by Crippen LogP contribution is -2.42. The lowest BCUT2D eigenvalue weighted by atomic mass is 10.1. The first-order chi connectivity index (χ1) is 7.11. The normalized spacial score (nSPS) is 10.5. The molecular weight excluding hydrogens is 192 g/mol. The highest BCUT2D eigenvalue weighted by Gasteiger charge is 2.10. The van der Waals surface area contributed by atoms with Crippen molar-refractivity contribution in [3.63, 3.8) is 0 Å². The molecule has 15 heavy (non-hydrogen) atoms. The molecule has 2 N–H and O–H groups in total.